The molecule has 0 aliphatic carbocycles. The molecule has 0 fully saturated rings. The van der Waals surface area contributed by atoms with Crippen LogP contribution in [-0.4, -0.2) is 33.7 Å². The summed E-state index contributed by atoms with van der Waals surface area (Å²) in [5.41, 5.74) is -1.01. The van der Waals surface area contributed by atoms with Crippen LogP contribution in [0.15, 0.2) is 0 Å². The highest BCUT2D eigenvalue weighted by Crippen LogP contribution is 2.19. The lowest BCUT2D eigenvalue weighted by Gasteiger charge is -2.18. The maximum absolute atomic E-state index is 11.6. The molecule has 0 aromatic rings. The van der Waals surface area contributed by atoms with Gasteiger partial charge < -0.3 is 5.32 Å². The van der Waals surface area contributed by atoms with Crippen molar-refractivity contribution in [1.29, 1.82) is 5.26 Å². The molecule has 1 amide bonds. The number of nitrogens with one attached hydrogen (secondary N) is 2. The molecule has 0 aromatic heterocycles. The summed E-state index contributed by atoms with van der Waals surface area (Å²) in [6, 6.07) is 1.97. The molecule has 1 atom stereocenters. The maximum Gasteiger partial charge on any atom is 0.240 e. The summed E-state index contributed by atoms with van der Waals surface area (Å²) < 4.78 is 23.8. The van der Waals surface area contributed by atoms with Crippen molar-refractivity contribution in [1.82, 2.24) is 10.0 Å². The van der Waals surface area contributed by atoms with E-state index >= 15 is 0 Å². The summed E-state index contributed by atoms with van der Waals surface area (Å²) in [5, 5.41) is 11.5. The maximum atomic E-state index is 11.6. The van der Waals surface area contributed by atoms with Gasteiger partial charge in [-0.25, -0.2) is 13.1 Å². The Balaban J connectivity index is 3.92. The van der Waals surface area contributed by atoms with Crippen LogP contribution in [0.3, 0.4) is 0 Å². The molecule has 0 aliphatic rings. The van der Waals surface area contributed by atoms with Crippen LogP contribution in [0.1, 0.15) is 26.7 Å². The largest absolute Gasteiger partial charge is 0.355 e. The van der Waals surface area contributed by atoms with E-state index in [1.165, 1.54) is 0 Å². The van der Waals surface area contributed by atoms with E-state index < -0.39 is 15.4 Å². The molecule has 1 unspecified atom stereocenters. The number of carbonyl (C=O) groups is 1. The molecule has 0 rings (SSSR count). The first-order valence-electron chi connectivity index (χ1n) is 5.39. The van der Waals surface area contributed by atoms with Gasteiger partial charge in [0.15, 0.2) is 0 Å². The Morgan fingerprint density at radius 3 is 2.41 bits per heavy atom. The lowest BCUT2D eigenvalue weighted by Crippen LogP contribution is -2.39. The fraction of sp³-hybridized carbons (Fsp3) is 0.800. The van der Waals surface area contributed by atoms with E-state index in [1.807, 2.05) is 6.07 Å². The van der Waals surface area contributed by atoms with E-state index in [2.05, 4.69) is 10.0 Å². The van der Waals surface area contributed by atoms with Gasteiger partial charge in [0.1, 0.15) is 5.41 Å². The van der Waals surface area contributed by atoms with Crippen LogP contribution in [-0.2, 0) is 14.8 Å². The monoisotopic (exact) mass is 261 g/mol. The number of sulfonamides is 1. The molecular weight excluding hydrogens is 242 g/mol. The van der Waals surface area contributed by atoms with Crippen LogP contribution in [0.4, 0.5) is 0 Å². The van der Waals surface area contributed by atoms with Crippen LogP contribution in [0, 0.1) is 16.7 Å². The van der Waals surface area contributed by atoms with E-state index in [4.69, 9.17) is 5.26 Å². The van der Waals surface area contributed by atoms with Crippen LogP contribution in [0.25, 0.3) is 0 Å². The summed E-state index contributed by atoms with van der Waals surface area (Å²) in [7, 11) is -3.18. The second-order valence-electron chi connectivity index (χ2n) is 4.07. The van der Waals surface area contributed by atoms with Crippen molar-refractivity contribution in [3.63, 3.8) is 0 Å². The fourth-order valence-electron chi connectivity index (χ4n) is 1.03. The molecule has 0 saturated heterocycles. The molecule has 0 bridgehead atoms. The van der Waals surface area contributed by atoms with Crippen molar-refractivity contribution in [3.05, 3.63) is 0 Å². The van der Waals surface area contributed by atoms with E-state index in [1.54, 1.807) is 13.8 Å². The molecule has 0 saturated carbocycles. The van der Waals surface area contributed by atoms with Gasteiger partial charge in [-0.15, -0.1) is 0 Å². The minimum absolute atomic E-state index is 0.272. The Labute approximate surface area is 102 Å². The SMILES string of the molecule is CCC(C)(C#N)C(=O)NCCCNS(C)(=O)=O. The van der Waals surface area contributed by atoms with Crippen molar-refractivity contribution in [2.45, 2.75) is 26.7 Å². The van der Waals surface area contributed by atoms with Gasteiger partial charge in [-0.3, -0.25) is 4.79 Å². The third-order valence-corrected chi connectivity index (χ3v) is 3.19. The number of amides is 1. The summed E-state index contributed by atoms with van der Waals surface area (Å²) in [5.74, 6) is -0.318. The Hall–Kier alpha value is -1.13. The third kappa shape index (κ3) is 6.24. The quantitative estimate of drug-likeness (QED) is 0.629. The average Bonchev–Trinajstić information content (AvgIpc) is 2.25. The first-order valence-corrected chi connectivity index (χ1v) is 7.28. The number of rotatable bonds is 7. The minimum Gasteiger partial charge on any atom is -0.355 e. The van der Waals surface area contributed by atoms with Gasteiger partial charge in [0, 0.05) is 13.1 Å². The zero-order valence-electron chi connectivity index (χ0n) is 10.4. The van der Waals surface area contributed by atoms with Gasteiger partial charge in [-0.2, -0.15) is 5.26 Å². The van der Waals surface area contributed by atoms with Crippen molar-refractivity contribution in [3.8, 4) is 6.07 Å². The highest BCUT2D eigenvalue weighted by atomic mass is 32.2. The van der Waals surface area contributed by atoms with Crippen molar-refractivity contribution in [2.75, 3.05) is 19.3 Å². The smallest absolute Gasteiger partial charge is 0.240 e. The fourth-order valence-corrected chi connectivity index (χ4v) is 1.55. The van der Waals surface area contributed by atoms with Gasteiger partial charge >= 0.3 is 0 Å². The van der Waals surface area contributed by atoms with Crippen LogP contribution < -0.4 is 10.0 Å². The first kappa shape index (κ1) is 15.9. The van der Waals surface area contributed by atoms with Crippen molar-refractivity contribution < 1.29 is 13.2 Å². The lowest BCUT2D eigenvalue weighted by atomic mass is 9.88. The Kier molecular flexibility index (Phi) is 6.13. The molecule has 0 spiro atoms. The zero-order valence-corrected chi connectivity index (χ0v) is 11.2. The molecule has 0 aliphatic heterocycles. The first-order chi connectivity index (χ1) is 7.75. The molecule has 7 heteroatoms. The molecule has 17 heavy (non-hydrogen) atoms. The average molecular weight is 261 g/mol. The molecule has 2 N–H and O–H groups in total. The molecule has 98 valence electrons. The normalized spacial score (nSPS) is 14.7. The molecule has 0 aromatic carbocycles. The second kappa shape index (κ2) is 6.57. The van der Waals surface area contributed by atoms with E-state index in [0.717, 1.165) is 6.26 Å². The number of nitrogens with zero attached hydrogens (tertiary/aromatic N) is 1. The summed E-state index contributed by atoms with van der Waals surface area (Å²) in [6.45, 7) is 3.97. The molecular formula is C10H19N3O3S. The number of hydrogen-bond donors (Lipinski definition) is 2. The number of nitriles is 1. The zero-order chi connectivity index (χ0) is 13.5. The Morgan fingerprint density at radius 2 is 2.00 bits per heavy atom. The topological polar surface area (TPSA) is 99.1 Å². The lowest BCUT2D eigenvalue weighted by molar-refractivity contribution is -0.127. The number of hydrogen-bond acceptors (Lipinski definition) is 4. The van der Waals surface area contributed by atoms with Gasteiger partial charge in [0.2, 0.25) is 15.9 Å². The predicted octanol–water partition coefficient (Wildman–Crippen LogP) is -0.0182. The molecule has 0 radical (unpaired) electrons. The van der Waals surface area contributed by atoms with Crippen molar-refractivity contribution in [2.24, 2.45) is 5.41 Å². The standard InChI is InChI=1S/C10H19N3O3S/c1-4-10(2,8-11)9(14)12-6-5-7-13-17(3,15)16/h13H,4-7H2,1-3H3,(H,12,14). The van der Waals surface area contributed by atoms with Gasteiger partial charge in [-0.1, -0.05) is 6.92 Å². The highest BCUT2D eigenvalue weighted by molar-refractivity contribution is 7.88. The van der Waals surface area contributed by atoms with Crippen LogP contribution >= 0.6 is 0 Å². The summed E-state index contributed by atoms with van der Waals surface area (Å²) in [4.78, 5) is 11.6. The van der Waals surface area contributed by atoms with E-state index in [9.17, 15) is 13.2 Å². The number of carbonyl (C=O) groups excluding carboxylic acids is 1. The molecule has 0 heterocycles. The Morgan fingerprint density at radius 1 is 1.41 bits per heavy atom. The van der Waals surface area contributed by atoms with E-state index in [-0.39, 0.29) is 12.5 Å². The van der Waals surface area contributed by atoms with Gasteiger partial charge in [-0.05, 0) is 19.8 Å². The third-order valence-electron chi connectivity index (χ3n) is 2.46. The highest BCUT2D eigenvalue weighted by Gasteiger charge is 2.30. The second-order valence-corrected chi connectivity index (χ2v) is 5.91. The van der Waals surface area contributed by atoms with Crippen LogP contribution in [0.2, 0.25) is 0 Å². The van der Waals surface area contributed by atoms with Crippen LogP contribution in [0.5, 0.6) is 0 Å². The molecule has 6 nitrogen and oxygen atoms in total. The predicted molar refractivity (Wildman–Crippen MR) is 64.5 cm³/mol. The van der Waals surface area contributed by atoms with Gasteiger partial charge in [0.05, 0.1) is 12.3 Å². The summed E-state index contributed by atoms with van der Waals surface area (Å²) >= 11 is 0. The van der Waals surface area contributed by atoms with Gasteiger partial charge in [0.25, 0.3) is 0 Å². The Bertz CT molecular complexity index is 400. The summed E-state index contributed by atoms with van der Waals surface area (Å²) in [6.07, 6.45) is 2.01. The van der Waals surface area contributed by atoms with E-state index in [0.29, 0.717) is 19.4 Å². The van der Waals surface area contributed by atoms with Crippen molar-refractivity contribution >= 4 is 15.9 Å². The minimum atomic E-state index is -3.18.